The minimum absolute atomic E-state index is 0.0303. The number of benzene rings is 1. The Morgan fingerprint density at radius 2 is 2.18 bits per heavy atom. The van der Waals surface area contributed by atoms with Crippen molar-refractivity contribution in [3.63, 3.8) is 0 Å². The molecule has 5 heteroatoms. The molecule has 0 bridgehead atoms. The minimum Gasteiger partial charge on any atom is -0.486 e. The van der Waals surface area contributed by atoms with E-state index in [0.717, 1.165) is 10.0 Å². The van der Waals surface area contributed by atoms with Gasteiger partial charge in [0.2, 0.25) is 0 Å². The number of rotatable bonds is 3. The minimum atomic E-state index is 0.0303. The molecule has 0 aromatic heterocycles. The lowest BCUT2D eigenvalue weighted by Crippen LogP contribution is -2.17. The third kappa shape index (κ3) is 2.30. The van der Waals surface area contributed by atoms with E-state index in [1.165, 1.54) is 0 Å². The second-order valence-corrected chi connectivity index (χ2v) is 4.64. The molecule has 0 atom stereocenters. The fraction of sp³-hybridized carbons (Fsp3) is 0.417. The van der Waals surface area contributed by atoms with Gasteiger partial charge in [-0.1, -0.05) is 0 Å². The molecule has 0 aliphatic carbocycles. The van der Waals surface area contributed by atoms with Crippen molar-refractivity contribution in [1.82, 2.24) is 0 Å². The molecule has 17 heavy (non-hydrogen) atoms. The van der Waals surface area contributed by atoms with Crippen LogP contribution in [0.5, 0.6) is 11.5 Å². The van der Waals surface area contributed by atoms with E-state index in [9.17, 15) is 4.79 Å². The molecule has 0 fully saturated rings. The van der Waals surface area contributed by atoms with Gasteiger partial charge in [0.15, 0.2) is 17.3 Å². The highest BCUT2D eigenvalue weighted by atomic mass is 79.9. The molecule has 0 unspecified atom stereocenters. The molecule has 0 spiro atoms. The standard InChI is InChI=1S/C12H14BrNO3/c1-7-8(9(15)2-3-14)6-10-12(11(7)13)17-5-4-16-10/h6H,2-5,14H2,1H3. The van der Waals surface area contributed by atoms with Crippen LogP contribution >= 0.6 is 15.9 Å². The van der Waals surface area contributed by atoms with Crippen molar-refractivity contribution in [1.29, 1.82) is 0 Å². The summed E-state index contributed by atoms with van der Waals surface area (Å²) in [7, 11) is 0. The fourth-order valence-electron chi connectivity index (χ4n) is 1.79. The molecule has 92 valence electrons. The molecule has 1 aromatic rings. The van der Waals surface area contributed by atoms with Crippen molar-refractivity contribution in [2.24, 2.45) is 5.73 Å². The molecule has 1 aliphatic heterocycles. The number of fused-ring (bicyclic) bond motifs is 1. The summed E-state index contributed by atoms with van der Waals surface area (Å²) < 4.78 is 11.8. The lowest BCUT2D eigenvalue weighted by Gasteiger charge is -2.22. The normalized spacial score (nSPS) is 13.6. The van der Waals surface area contributed by atoms with E-state index in [0.29, 0.717) is 43.2 Å². The lowest BCUT2D eigenvalue weighted by atomic mass is 10.0. The highest BCUT2D eigenvalue weighted by Gasteiger charge is 2.21. The van der Waals surface area contributed by atoms with Gasteiger partial charge in [-0.05, 0) is 41.0 Å². The van der Waals surface area contributed by atoms with Crippen LogP contribution in [0.15, 0.2) is 10.5 Å². The Bertz CT molecular complexity index is 460. The van der Waals surface area contributed by atoms with Crippen LogP contribution in [0.3, 0.4) is 0 Å². The summed E-state index contributed by atoms with van der Waals surface area (Å²) in [6, 6.07) is 1.74. The highest BCUT2D eigenvalue weighted by Crippen LogP contribution is 2.41. The molecule has 0 saturated carbocycles. The van der Waals surface area contributed by atoms with Gasteiger partial charge >= 0.3 is 0 Å². The fourth-order valence-corrected chi connectivity index (χ4v) is 2.32. The molecular weight excluding hydrogens is 286 g/mol. The zero-order valence-corrected chi connectivity index (χ0v) is 11.2. The monoisotopic (exact) mass is 299 g/mol. The first-order chi connectivity index (χ1) is 8.15. The van der Waals surface area contributed by atoms with E-state index in [2.05, 4.69) is 15.9 Å². The van der Waals surface area contributed by atoms with Gasteiger partial charge in [0.05, 0.1) is 4.47 Å². The highest BCUT2D eigenvalue weighted by molar-refractivity contribution is 9.10. The summed E-state index contributed by atoms with van der Waals surface area (Å²) in [6.45, 7) is 3.27. The van der Waals surface area contributed by atoms with Crippen molar-refractivity contribution in [3.05, 3.63) is 21.7 Å². The quantitative estimate of drug-likeness (QED) is 0.868. The first kappa shape index (κ1) is 12.4. The topological polar surface area (TPSA) is 61.6 Å². The van der Waals surface area contributed by atoms with Crippen LogP contribution in [-0.2, 0) is 0 Å². The molecule has 2 N–H and O–H groups in total. The van der Waals surface area contributed by atoms with E-state index < -0.39 is 0 Å². The third-order valence-electron chi connectivity index (χ3n) is 2.69. The van der Waals surface area contributed by atoms with E-state index >= 15 is 0 Å². The molecular formula is C12H14BrNO3. The van der Waals surface area contributed by atoms with Gasteiger partial charge in [-0.3, -0.25) is 4.79 Å². The molecule has 1 aromatic carbocycles. The smallest absolute Gasteiger partial charge is 0.175 e. The van der Waals surface area contributed by atoms with Gasteiger partial charge in [0.25, 0.3) is 0 Å². The van der Waals surface area contributed by atoms with Crippen molar-refractivity contribution in [2.45, 2.75) is 13.3 Å². The summed E-state index contributed by atoms with van der Waals surface area (Å²) in [5.74, 6) is 1.33. The summed E-state index contributed by atoms with van der Waals surface area (Å²) in [4.78, 5) is 11.9. The van der Waals surface area contributed by atoms with E-state index in [1.807, 2.05) is 6.92 Å². The first-order valence-electron chi connectivity index (χ1n) is 5.47. The van der Waals surface area contributed by atoms with Crippen LogP contribution in [0.2, 0.25) is 0 Å². The van der Waals surface area contributed by atoms with Crippen molar-refractivity contribution < 1.29 is 14.3 Å². The van der Waals surface area contributed by atoms with Crippen molar-refractivity contribution in [3.8, 4) is 11.5 Å². The molecule has 2 rings (SSSR count). The Morgan fingerprint density at radius 3 is 2.88 bits per heavy atom. The largest absolute Gasteiger partial charge is 0.486 e. The van der Waals surface area contributed by atoms with Crippen LogP contribution in [0.1, 0.15) is 22.3 Å². The first-order valence-corrected chi connectivity index (χ1v) is 6.26. The molecule has 1 aliphatic rings. The number of halogens is 1. The number of nitrogens with two attached hydrogens (primary N) is 1. The zero-order valence-electron chi connectivity index (χ0n) is 9.59. The van der Waals surface area contributed by atoms with Gasteiger partial charge in [-0.15, -0.1) is 0 Å². The lowest BCUT2D eigenvalue weighted by molar-refractivity contribution is 0.0983. The number of carbonyl (C=O) groups excluding carboxylic acids is 1. The molecule has 0 radical (unpaired) electrons. The Hall–Kier alpha value is -1.07. The summed E-state index contributed by atoms with van der Waals surface area (Å²) in [5.41, 5.74) is 6.92. The molecule has 0 saturated heterocycles. The predicted molar refractivity (Wildman–Crippen MR) is 67.9 cm³/mol. The van der Waals surface area contributed by atoms with Crippen molar-refractivity contribution >= 4 is 21.7 Å². The summed E-state index contributed by atoms with van der Waals surface area (Å²) in [5, 5.41) is 0. The predicted octanol–water partition coefficient (Wildman–Crippen LogP) is 2.06. The number of carbonyl (C=O) groups is 1. The average Bonchev–Trinajstić information content (AvgIpc) is 2.34. The number of hydrogen-bond donors (Lipinski definition) is 1. The van der Waals surface area contributed by atoms with Gasteiger partial charge < -0.3 is 15.2 Å². The van der Waals surface area contributed by atoms with Gasteiger partial charge in [0.1, 0.15) is 13.2 Å². The van der Waals surface area contributed by atoms with Gasteiger partial charge in [-0.25, -0.2) is 0 Å². The Labute approximate surface area is 108 Å². The Balaban J connectivity index is 2.47. The number of ether oxygens (including phenoxy) is 2. The van der Waals surface area contributed by atoms with Gasteiger partial charge in [-0.2, -0.15) is 0 Å². The number of Topliss-reactive ketones (excluding diaryl/α,β-unsaturated/α-hetero) is 1. The second-order valence-electron chi connectivity index (χ2n) is 3.85. The molecule has 1 heterocycles. The number of hydrogen-bond acceptors (Lipinski definition) is 4. The summed E-state index contributed by atoms with van der Waals surface area (Å²) >= 11 is 3.45. The van der Waals surface area contributed by atoms with E-state index in [1.54, 1.807) is 6.07 Å². The Morgan fingerprint density at radius 1 is 1.47 bits per heavy atom. The van der Waals surface area contributed by atoms with Crippen molar-refractivity contribution in [2.75, 3.05) is 19.8 Å². The van der Waals surface area contributed by atoms with Crippen LogP contribution in [0, 0.1) is 6.92 Å². The van der Waals surface area contributed by atoms with Crippen LogP contribution in [-0.4, -0.2) is 25.5 Å². The SMILES string of the molecule is Cc1c(C(=O)CCN)cc2c(c1Br)OCCO2. The van der Waals surface area contributed by atoms with Gasteiger partial charge in [0, 0.05) is 12.0 Å². The van der Waals surface area contributed by atoms with E-state index in [-0.39, 0.29) is 5.78 Å². The van der Waals surface area contributed by atoms with Crippen LogP contribution in [0.25, 0.3) is 0 Å². The molecule has 0 amide bonds. The van der Waals surface area contributed by atoms with Crippen LogP contribution in [0.4, 0.5) is 0 Å². The average molecular weight is 300 g/mol. The second kappa shape index (κ2) is 5.06. The molecule has 4 nitrogen and oxygen atoms in total. The van der Waals surface area contributed by atoms with E-state index in [4.69, 9.17) is 15.2 Å². The third-order valence-corrected chi connectivity index (χ3v) is 3.65. The number of ketones is 1. The maximum Gasteiger partial charge on any atom is 0.175 e. The maximum absolute atomic E-state index is 11.9. The maximum atomic E-state index is 11.9. The summed E-state index contributed by atoms with van der Waals surface area (Å²) in [6.07, 6.45) is 0.340. The zero-order chi connectivity index (χ0) is 12.4. The Kier molecular flexibility index (Phi) is 3.69. The van der Waals surface area contributed by atoms with Crippen LogP contribution < -0.4 is 15.2 Å².